The number of halogens is 1. The van der Waals surface area contributed by atoms with E-state index in [4.69, 9.17) is 4.74 Å². The summed E-state index contributed by atoms with van der Waals surface area (Å²) in [5.74, 6) is -0.821. The van der Waals surface area contributed by atoms with Crippen LogP contribution in [0, 0.1) is 0 Å². The van der Waals surface area contributed by atoms with Gasteiger partial charge in [-0.05, 0) is 11.6 Å². The van der Waals surface area contributed by atoms with Crippen LogP contribution in [0.25, 0.3) is 0 Å². The van der Waals surface area contributed by atoms with Crippen molar-refractivity contribution in [2.45, 2.75) is 6.04 Å². The Bertz CT molecular complexity index is 404. The summed E-state index contributed by atoms with van der Waals surface area (Å²) in [4.78, 5) is 13.4. The quantitative estimate of drug-likeness (QED) is 0.926. The van der Waals surface area contributed by atoms with Gasteiger partial charge in [-0.1, -0.05) is 34.1 Å². The van der Waals surface area contributed by atoms with E-state index in [1.54, 1.807) is 0 Å². The van der Waals surface area contributed by atoms with Gasteiger partial charge in [-0.3, -0.25) is 9.69 Å². The third-order valence-corrected chi connectivity index (χ3v) is 3.57. The van der Waals surface area contributed by atoms with Crippen molar-refractivity contribution in [2.24, 2.45) is 0 Å². The molecule has 1 aliphatic rings. The average Bonchev–Trinajstić information content (AvgIpc) is 2.33. The van der Waals surface area contributed by atoms with Crippen molar-refractivity contribution in [1.82, 2.24) is 4.90 Å². The highest BCUT2D eigenvalue weighted by molar-refractivity contribution is 9.10. The molecule has 1 saturated heterocycles. The van der Waals surface area contributed by atoms with Gasteiger partial charge in [0.05, 0.1) is 13.2 Å². The molecule has 92 valence electrons. The summed E-state index contributed by atoms with van der Waals surface area (Å²) in [5.41, 5.74) is 0.793. The summed E-state index contributed by atoms with van der Waals surface area (Å²) in [5, 5.41) is 9.40. The lowest BCUT2D eigenvalue weighted by Crippen LogP contribution is -2.42. The van der Waals surface area contributed by atoms with Gasteiger partial charge in [0.15, 0.2) is 0 Å². The number of carboxylic acids is 1. The first-order chi connectivity index (χ1) is 8.20. The zero-order chi connectivity index (χ0) is 12.3. The lowest BCUT2D eigenvalue weighted by Gasteiger charge is -2.32. The number of ether oxygens (including phenoxy) is 1. The average molecular weight is 300 g/mol. The molecule has 2 rings (SSSR count). The van der Waals surface area contributed by atoms with E-state index in [1.807, 2.05) is 29.2 Å². The van der Waals surface area contributed by atoms with E-state index in [0.29, 0.717) is 26.3 Å². The number of carboxylic acid groups (broad SMARTS) is 1. The fourth-order valence-corrected chi connectivity index (χ4v) is 2.52. The standard InChI is InChI=1S/C12H14BrNO3/c13-10-4-2-1-3-9(10)11(12(15)16)14-5-7-17-8-6-14/h1-4,11H,5-8H2,(H,15,16). The van der Waals surface area contributed by atoms with Gasteiger partial charge >= 0.3 is 5.97 Å². The molecule has 0 bridgehead atoms. The molecule has 0 radical (unpaired) electrons. The molecule has 0 aromatic heterocycles. The molecule has 4 nitrogen and oxygen atoms in total. The molecule has 1 heterocycles. The van der Waals surface area contributed by atoms with Crippen molar-refractivity contribution in [2.75, 3.05) is 26.3 Å². The first-order valence-electron chi connectivity index (χ1n) is 5.49. The number of aliphatic carboxylic acids is 1. The van der Waals surface area contributed by atoms with Crippen molar-refractivity contribution in [1.29, 1.82) is 0 Å². The highest BCUT2D eigenvalue weighted by atomic mass is 79.9. The van der Waals surface area contributed by atoms with Crippen molar-refractivity contribution < 1.29 is 14.6 Å². The molecule has 1 N–H and O–H groups in total. The maximum absolute atomic E-state index is 11.4. The van der Waals surface area contributed by atoms with E-state index < -0.39 is 12.0 Å². The van der Waals surface area contributed by atoms with E-state index in [1.165, 1.54) is 0 Å². The first kappa shape index (κ1) is 12.5. The Morgan fingerprint density at radius 3 is 2.59 bits per heavy atom. The van der Waals surface area contributed by atoms with E-state index >= 15 is 0 Å². The molecule has 0 spiro atoms. The summed E-state index contributed by atoms with van der Waals surface area (Å²) >= 11 is 3.41. The highest BCUT2D eigenvalue weighted by Crippen LogP contribution is 2.28. The number of benzene rings is 1. The summed E-state index contributed by atoms with van der Waals surface area (Å²) in [6, 6.07) is 6.85. The second kappa shape index (κ2) is 5.62. The zero-order valence-corrected chi connectivity index (χ0v) is 10.9. The monoisotopic (exact) mass is 299 g/mol. The first-order valence-corrected chi connectivity index (χ1v) is 6.28. The second-order valence-corrected chi connectivity index (χ2v) is 4.76. The molecule has 0 aliphatic carbocycles. The minimum Gasteiger partial charge on any atom is -0.480 e. The van der Waals surface area contributed by atoms with Gasteiger partial charge in [0, 0.05) is 17.6 Å². The third-order valence-electron chi connectivity index (χ3n) is 2.84. The number of hydrogen-bond donors (Lipinski definition) is 1. The molecule has 1 fully saturated rings. The van der Waals surface area contributed by atoms with Crippen LogP contribution < -0.4 is 0 Å². The predicted octanol–water partition coefficient (Wildman–Crippen LogP) is 1.91. The van der Waals surface area contributed by atoms with Crippen LogP contribution in [-0.4, -0.2) is 42.3 Å². The molecular weight excluding hydrogens is 286 g/mol. The minimum absolute atomic E-state index is 0.592. The van der Waals surface area contributed by atoms with Crippen molar-refractivity contribution >= 4 is 21.9 Å². The molecule has 5 heteroatoms. The van der Waals surface area contributed by atoms with Crippen LogP contribution in [0.3, 0.4) is 0 Å². The van der Waals surface area contributed by atoms with E-state index in [2.05, 4.69) is 15.9 Å². The molecule has 0 amide bonds. The zero-order valence-electron chi connectivity index (χ0n) is 9.30. The predicted molar refractivity (Wildman–Crippen MR) is 66.9 cm³/mol. The summed E-state index contributed by atoms with van der Waals surface area (Å²) in [6.07, 6.45) is 0. The van der Waals surface area contributed by atoms with Crippen LogP contribution in [-0.2, 0) is 9.53 Å². The van der Waals surface area contributed by atoms with Gasteiger partial charge in [-0.2, -0.15) is 0 Å². The summed E-state index contributed by atoms with van der Waals surface area (Å²) < 4.78 is 6.08. The van der Waals surface area contributed by atoms with Crippen molar-refractivity contribution in [3.05, 3.63) is 34.3 Å². The summed E-state index contributed by atoms with van der Waals surface area (Å²) in [7, 11) is 0. The van der Waals surface area contributed by atoms with Crippen LogP contribution in [0.2, 0.25) is 0 Å². The van der Waals surface area contributed by atoms with Crippen LogP contribution in [0.1, 0.15) is 11.6 Å². The Labute approximate surface area is 108 Å². The molecule has 1 aromatic carbocycles. The smallest absolute Gasteiger partial charge is 0.325 e. The fraction of sp³-hybridized carbons (Fsp3) is 0.417. The molecular formula is C12H14BrNO3. The van der Waals surface area contributed by atoms with E-state index in [9.17, 15) is 9.90 Å². The van der Waals surface area contributed by atoms with Crippen LogP contribution >= 0.6 is 15.9 Å². The maximum atomic E-state index is 11.4. The van der Waals surface area contributed by atoms with Crippen LogP contribution in [0.15, 0.2) is 28.7 Å². The molecule has 1 atom stereocenters. The molecule has 1 unspecified atom stereocenters. The molecule has 0 saturated carbocycles. The molecule has 1 aliphatic heterocycles. The van der Waals surface area contributed by atoms with Crippen LogP contribution in [0.4, 0.5) is 0 Å². The SMILES string of the molecule is O=C(O)C(c1ccccc1Br)N1CCOCC1. The van der Waals surface area contributed by atoms with E-state index in [0.717, 1.165) is 10.0 Å². The minimum atomic E-state index is -0.821. The number of morpholine rings is 1. The number of carbonyl (C=O) groups is 1. The van der Waals surface area contributed by atoms with Gasteiger partial charge in [0.25, 0.3) is 0 Å². The highest BCUT2D eigenvalue weighted by Gasteiger charge is 2.29. The Balaban J connectivity index is 2.28. The number of hydrogen-bond acceptors (Lipinski definition) is 3. The molecule has 17 heavy (non-hydrogen) atoms. The maximum Gasteiger partial charge on any atom is 0.325 e. The van der Waals surface area contributed by atoms with Gasteiger partial charge in [-0.15, -0.1) is 0 Å². The van der Waals surface area contributed by atoms with E-state index in [-0.39, 0.29) is 0 Å². The summed E-state index contributed by atoms with van der Waals surface area (Å²) in [6.45, 7) is 2.49. The normalized spacial score (nSPS) is 18.9. The Morgan fingerprint density at radius 2 is 2.00 bits per heavy atom. The molecule has 1 aromatic rings. The lowest BCUT2D eigenvalue weighted by molar-refractivity contribution is -0.145. The fourth-order valence-electron chi connectivity index (χ4n) is 2.02. The van der Waals surface area contributed by atoms with Gasteiger partial charge in [0.1, 0.15) is 6.04 Å². The lowest BCUT2D eigenvalue weighted by atomic mass is 10.1. The van der Waals surface area contributed by atoms with Crippen molar-refractivity contribution in [3.63, 3.8) is 0 Å². The topological polar surface area (TPSA) is 49.8 Å². The largest absolute Gasteiger partial charge is 0.480 e. The Hall–Kier alpha value is -0.910. The Kier molecular flexibility index (Phi) is 4.15. The van der Waals surface area contributed by atoms with Crippen LogP contribution in [0.5, 0.6) is 0 Å². The van der Waals surface area contributed by atoms with Gasteiger partial charge in [0.2, 0.25) is 0 Å². The Morgan fingerprint density at radius 1 is 1.35 bits per heavy atom. The van der Waals surface area contributed by atoms with Crippen molar-refractivity contribution in [3.8, 4) is 0 Å². The van der Waals surface area contributed by atoms with Gasteiger partial charge in [-0.25, -0.2) is 0 Å². The second-order valence-electron chi connectivity index (χ2n) is 3.91. The number of nitrogens with zero attached hydrogens (tertiary/aromatic N) is 1. The van der Waals surface area contributed by atoms with Gasteiger partial charge < -0.3 is 9.84 Å². The number of rotatable bonds is 3. The third kappa shape index (κ3) is 2.86.